The Hall–Kier alpha value is -2.36. The second-order valence-corrected chi connectivity index (χ2v) is 4.67. The van der Waals surface area contributed by atoms with Crippen LogP contribution in [0.4, 0.5) is 0 Å². The van der Waals surface area contributed by atoms with Gasteiger partial charge in [-0.1, -0.05) is 17.7 Å². The molecule has 19 heavy (non-hydrogen) atoms. The molecule has 2 aromatic rings. The number of carbonyl (C=O) groups is 1. The zero-order chi connectivity index (χ0) is 14.2. The summed E-state index contributed by atoms with van der Waals surface area (Å²) in [5.74, 6) is -1.21. The maximum absolute atomic E-state index is 11.7. The van der Waals surface area contributed by atoms with Crippen LogP contribution in [0.1, 0.15) is 27.0 Å². The quantitative estimate of drug-likeness (QED) is 0.868. The van der Waals surface area contributed by atoms with Crippen molar-refractivity contribution in [2.45, 2.75) is 20.8 Å². The van der Waals surface area contributed by atoms with Gasteiger partial charge in [0.15, 0.2) is 0 Å². The topological polar surface area (TPSA) is 70.2 Å². The molecule has 0 saturated heterocycles. The van der Waals surface area contributed by atoms with E-state index in [-0.39, 0.29) is 5.56 Å². The fourth-order valence-electron chi connectivity index (χ4n) is 2.50. The van der Waals surface area contributed by atoms with E-state index in [0.29, 0.717) is 5.56 Å². The van der Waals surface area contributed by atoms with Crippen LogP contribution in [0.3, 0.4) is 0 Å². The number of aromatic carboxylic acids is 1. The van der Waals surface area contributed by atoms with Crippen LogP contribution in [0.15, 0.2) is 29.2 Å². The van der Waals surface area contributed by atoms with Gasteiger partial charge < -0.3 is 10.1 Å². The first-order valence-electron chi connectivity index (χ1n) is 5.95. The summed E-state index contributed by atoms with van der Waals surface area (Å²) >= 11 is 0. The molecule has 0 fully saturated rings. The van der Waals surface area contributed by atoms with Gasteiger partial charge in [-0.2, -0.15) is 0 Å². The summed E-state index contributed by atoms with van der Waals surface area (Å²) in [5.41, 5.74) is 3.53. The first-order valence-corrected chi connectivity index (χ1v) is 5.95. The lowest BCUT2D eigenvalue weighted by Crippen LogP contribution is -2.18. The Morgan fingerprint density at radius 2 is 1.74 bits per heavy atom. The van der Waals surface area contributed by atoms with Crippen molar-refractivity contribution in [3.05, 3.63) is 57.0 Å². The number of carboxylic acid groups (broad SMARTS) is 1. The molecule has 0 saturated carbocycles. The molecule has 2 N–H and O–H groups in total. The minimum absolute atomic E-state index is 0.211. The van der Waals surface area contributed by atoms with Crippen molar-refractivity contribution in [2.24, 2.45) is 0 Å². The van der Waals surface area contributed by atoms with Gasteiger partial charge in [-0.3, -0.25) is 4.79 Å². The predicted molar refractivity (Wildman–Crippen MR) is 73.7 cm³/mol. The Kier molecular flexibility index (Phi) is 3.25. The van der Waals surface area contributed by atoms with Gasteiger partial charge in [0, 0.05) is 11.8 Å². The zero-order valence-electron chi connectivity index (χ0n) is 11.1. The normalized spacial score (nSPS) is 10.5. The zero-order valence-corrected chi connectivity index (χ0v) is 11.1. The summed E-state index contributed by atoms with van der Waals surface area (Å²) in [6, 6.07) is 5.60. The summed E-state index contributed by atoms with van der Waals surface area (Å²) in [4.78, 5) is 25.4. The largest absolute Gasteiger partial charge is 0.477 e. The molecule has 0 bridgehead atoms. The average molecular weight is 257 g/mol. The Bertz CT molecular complexity index is 691. The molecule has 1 aromatic heterocycles. The summed E-state index contributed by atoms with van der Waals surface area (Å²) in [7, 11) is 0. The number of rotatable bonds is 2. The third-order valence-corrected chi connectivity index (χ3v) is 3.12. The molecule has 0 aliphatic rings. The number of hydrogen-bond acceptors (Lipinski definition) is 2. The fraction of sp³-hybridized carbons (Fsp3) is 0.200. The van der Waals surface area contributed by atoms with E-state index in [4.69, 9.17) is 0 Å². The van der Waals surface area contributed by atoms with Gasteiger partial charge in [0.2, 0.25) is 0 Å². The molecule has 0 radical (unpaired) electrons. The SMILES string of the molecule is Cc1cc(C)c(-c2cc[nH]c(=O)c2C(=O)O)c(C)c1. The van der Waals surface area contributed by atoms with Crippen molar-refractivity contribution in [3.63, 3.8) is 0 Å². The summed E-state index contributed by atoms with van der Waals surface area (Å²) in [6.45, 7) is 5.82. The molecule has 4 heteroatoms. The van der Waals surface area contributed by atoms with E-state index < -0.39 is 11.5 Å². The summed E-state index contributed by atoms with van der Waals surface area (Å²) in [5, 5.41) is 9.22. The van der Waals surface area contributed by atoms with E-state index in [1.165, 1.54) is 6.20 Å². The molecule has 1 aromatic carbocycles. The standard InChI is InChI=1S/C15H15NO3/c1-8-6-9(2)12(10(3)7-8)11-4-5-16-14(17)13(11)15(18)19/h4-7H,1-3H3,(H,16,17)(H,18,19). The van der Waals surface area contributed by atoms with Gasteiger partial charge in [-0.15, -0.1) is 0 Å². The van der Waals surface area contributed by atoms with Gasteiger partial charge in [-0.25, -0.2) is 4.79 Å². The lowest BCUT2D eigenvalue weighted by Gasteiger charge is -2.13. The molecule has 0 aliphatic carbocycles. The monoisotopic (exact) mass is 257 g/mol. The molecular weight excluding hydrogens is 242 g/mol. The minimum atomic E-state index is -1.21. The van der Waals surface area contributed by atoms with Gasteiger partial charge in [0.1, 0.15) is 5.56 Å². The number of carboxylic acids is 1. The van der Waals surface area contributed by atoms with Crippen LogP contribution < -0.4 is 5.56 Å². The van der Waals surface area contributed by atoms with Crippen LogP contribution in [-0.2, 0) is 0 Å². The number of nitrogens with one attached hydrogen (secondary N) is 1. The van der Waals surface area contributed by atoms with Crippen molar-refractivity contribution in [1.82, 2.24) is 4.98 Å². The van der Waals surface area contributed by atoms with Gasteiger partial charge in [-0.05, 0) is 43.5 Å². The number of pyridine rings is 1. The highest BCUT2D eigenvalue weighted by atomic mass is 16.4. The van der Waals surface area contributed by atoms with Crippen LogP contribution in [0, 0.1) is 20.8 Å². The number of aryl methyl sites for hydroxylation is 3. The molecule has 0 spiro atoms. The van der Waals surface area contributed by atoms with E-state index in [2.05, 4.69) is 4.98 Å². The molecular formula is C15H15NO3. The van der Waals surface area contributed by atoms with Crippen molar-refractivity contribution >= 4 is 5.97 Å². The maximum Gasteiger partial charge on any atom is 0.341 e. The third kappa shape index (κ3) is 2.29. The van der Waals surface area contributed by atoms with E-state index in [9.17, 15) is 14.7 Å². The van der Waals surface area contributed by atoms with Crippen LogP contribution >= 0.6 is 0 Å². The Morgan fingerprint density at radius 1 is 1.16 bits per heavy atom. The van der Waals surface area contributed by atoms with Crippen LogP contribution in [-0.4, -0.2) is 16.1 Å². The van der Waals surface area contributed by atoms with E-state index in [1.807, 2.05) is 32.9 Å². The third-order valence-electron chi connectivity index (χ3n) is 3.12. The molecule has 1 heterocycles. The van der Waals surface area contributed by atoms with Gasteiger partial charge >= 0.3 is 5.97 Å². The fourth-order valence-corrected chi connectivity index (χ4v) is 2.50. The highest BCUT2D eigenvalue weighted by Gasteiger charge is 2.18. The molecule has 0 atom stereocenters. The molecule has 2 rings (SSSR count). The predicted octanol–water partition coefficient (Wildman–Crippen LogP) is 2.67. The molecule has 98 valence electrons. The summed E-state index contributed by atoms with van der Waals surface area (Å²) < 4.78 is 0. The van der Waals surface area contributed by atoms with Crippen LogP contribution in [0.5, 0.6) is 0 Å². The first-order chi connectivity index (χ1) is 8.91. The summed E-state index contributed by atoms with van der Waals surface area (Å²) in [6.07, 6.45) is 1.48. The van der Waals surface area contributed by atoms with Crippen LogP contribution in [0.25, 0.3) is 11.1 Å². The maximum atomic E-state index is 11.7. The van der Waals surface area contributed by atoms with Gasteiger partial charge in [0.05, 0.1) is 0 Å². The highest BCUT2D eigenvalue weighted by molar-refractivity contribution is 5.96. The lowest BCUT2D eigenvalue weighted by atomic mass is 9.92. The average Bonchev–Trinajstić information content (AvgIpc) is 2.26. The number of benzene rings is 1. The second kappa shape index (κ2) is 4.72. The molecule has 0 amide bonds. The second-order valence-electron chi connectivity index (χ2n) is 4.67. The number of aromatic amines is 1. The van der Waals surface area contributed by atoms with E-state index >= 15 is 0 Å². The Labute approximate surface area is 110 Å². The van der Waals surface area contributed by atoms with Gasteiger partial charge in [0.25, 0.3) is 5.56 Å². The minimum Gasteiger partial charge on any atom is -0.477 e. The van der Waals surface area contributed by atoms with E-state index in [0.717, 1.165) is 22.3 Å². The highest BCUT2D eigenvalue weighted by Crippen LogP contribution is 2.29. The Morgan fingerprint density at radius 3 is 2.26 bits per heavy atom. The van der Waals surface area contributed by atoms with E-state index in [1.54, 1.807) is 6.07 Å². The number of hydrogen-bond donors (Lipinski definition) is 2. The first kappa shape index (κ1) is 13.1. The Balaban J connectivity index is 2.84. The number of aromatic nitrogens is 1. The smallest absolute Gasteiger partial charge is 0.341 e. The van der Waals surface area contributed by atoms with Crippen molar-refractivity contribution in [3.8, 4) is 11.1 Å². The molecule has 4 nitrogen and oxygen atoms in total. The molecule has 0 aliphatic heterocycles. The van der Waals surface area contributed by atoms with Crippen molar-refractivity contribution < 1.29 is 9.90 Å². The van der Waals surface area contributed by atoms with Crippen molar-refractivity contribution in [2.75, 3.05) is 0 Å². The van der Waals surface area contributed by atoms with Crippen molar-refractivity contribution in [1.29, 1.82) is 0 Å². The molecule has 0 unspecified atom stereocenters. The van der Waals surface area contributed by atoms with Crippen LogP contribution in [0.2, 0.25) is 0 Å². The lowest BCUT2D eigenvalue weighted by molar-refractivity contribution is 0.0696. The number of H-pyrrole nitrogens is 1.